The van der Waals surface area contributed by atoms with Crippen LogP contribution in [0.1, 0.15) is 12.5 Å². The number of benzene rings is 2. The second-order valence-corrected chi connectivity index (χ2v) is 7.19. The highest BCUT2D eigenvalue weighted by molar-refractivity contribution is 14.1. The van der Waals surface area contributed by atoms with Crippen LogP contribution in [0.3, 0.4) is 0 Å². The van der Waals surface area contributed by atoms with Crippen molar-refractivity contribution in [3.63, 3.8) is 0 Å². The van der Waals surface area contributed by atoms with Gasteiger partial charge in [-0.2, -0.15) is 5.26 Å². The molecule has 0 heterocycles. The fraction of sp³-hybridized carbons (Fsp3) is 0.238. The van der Waals surface area contributed by atoms with Crippen molar-refractivity contribution in [1.82, 2.24) is 0 Å². The number of ether oxygens (including phenoxy) is 2. The molecule has 0 saturated carbocycles. The number of hydrogen-bond acceptors (Lipinski definition) is 5. The second-order valence-electron chi connectivity index (χ2n) is 6.03. The number of methoxy groups -OCH3 is 1. The van der Waals surface area contributed by atoms with Crippen LogP contribution in [0, 0.1) is 14.9 Å². The van der Waals surface area contributed by atoms with Crippen LogP contribution in [0.4, 0.5) is 11.4 Å². The van der Waals surface area contributed by atoms with E-state index in [2.05, 4.69) is 27.9 Å². The molecule has 0 saturated heterocycles. The van der Waals surface area contributed by atoms with Gasteiger partial charge < -0.3 is 19.7 Å². The van der Waals surface area contributed by atoms with E-state index in [0.29, 0.717) is 29.4 Å². The van der Waals surface area contributed by atoms with Crippen LogP contribution >= 0.6 is 22.6 Å². The normalized spacial score (nSPS) is 10.8. The van der Waals surface area contributed by atoms with Crippen LogP contribution < -0.4 is 19.7 Å². The summed E-state index contributed by atoms with van der Waals surface area (Å²) in [6, 6.07) is 12.9. The lowest BCUT2D eigenvalue weighted by Crippen LogP contribution is -2.14. The number of nitrogens with zero attached hydrogens (tertiary/aromatic N) is 2. The van der Waals surface area contributed by atoms with Gasteiger partial charge in [0.2, 0.25) is 0 Å². The Morgan fingerprint density at radius 3 is 2.50 bits per heavy atom. The van der Waals surface area contributed by atoms with E-state index < -0.39 is 5.91 Å². The predicted molar refractivity (Wildman–Crippen MR) is 120 cm³/mol. The van der Waals surface area contributed by atoms with Gasteiger partial charge in [0, 0.05) is 25.5 Å². The lowest BCUT2D eigenvalue weighted by atomic mass is 10.1. The lowest BCUT2D eigenvalue weighted by molar-refractivity contribution is -0.112. The third kappa shape index (κ3) is 5.39. The van der Waals surface area contributed by atoms with E-state index in [1.807, 2.05) is 50.2 Å². The SMILES string of the molecule is CCOc1cc(/C=C(/C#N)C(=O)Nc2ccc(N(C)C)cc2)cc(I)c1OC. The van der Waals surface area contributed by atoms with Gasteiger partial charge in [0.15, 0.2) is 11.5 Å². The minimum Gasteiger partial charge on any atom is -0.492 e. The summed E-state index contributed by atoms with van der Waals surface area (Å²) in [5, 5.41) is 12.2. The highest BCUT2D eigenvalue weighted by atomic mass is 127. The van der Waals surface area contributed by atoms with E-state index in [-0.39, 0.29) is 5.57 Å². The average molecular weight is 491 g/mol. The summed E-state index contributed by atoms with van der Waals surface area (Å²) in [5.74, 6) is 0.729. The number of nitriles is 1. The zero-order valence-electron chi connectivity index (χ0n) is 16.2. The van der Waals surface area contributed by atoms with E-state index in [1.54, 1.807) is 25.3 Å². The summed E-state index contributed by atoms with van der Waals surface area (Å²) in [7, 11) is 5.46. The maximum absolute atomic E-state index is 12.5. The average Bonchev–Trinajstić information content (AvgIpc) is 2.66. The third-order valence-electron chi connectivity index (χ3n) is 3.85. The Morgan fingerprint density at radius 1 is 1.29 bits per heavy atom. The first-order valence-electron chi connectivity index (χ1n) is 8.60. The van der Waals surface area contributed by atoms with Crippen molar-refractivity contribution in [2.75, 3.05) is 38.0 Å². The van der Waals surface area contributed by atoms with E-state index in [4.69, 9.17) is 9.47 Å². The summed E-state index contributed by atoms with van der Waals surface area (Å²) in [5.41, 5.74) is 2.32. The van der Waals surface area contributed by atoms with E-state index in [0.717, 1.165) is 9.26 Å². The van der Waals surface area contributed by atoms with E-state index >= 15 is 0 Å². The molecule has 0 aromatic heterocycles. The van der Waals surface area contributed by atoms with Gasteiger partial charge in [-0.25, -0.2) is 0 Å². The molecule has 0 fully saturated rings. The molecule has 0 unspecified atom stereocenters. The number of anilines is 2. The maximum Gasteiger partial charge on any atom is 0.266 e. The Labute approximate surface area is 178 Å². The topological polar surface area (TPSA) is 74.6 Å². The molecule has 146 valence electrons. The van der Waals surface area contributed by atoms with Crippen LogP contribution in [-0.4, -0.2) is 33.7 Å². The maximum atomic E-state index is 12.5. The molecule has 0 aliphatic carbocycles. The van der Waals surface area contributed by atoms with Gasteiger partial charge in [0.1, 0.15) is 11.6 Å². The fourth-order valence-electron chi connectivity index (χ4n) is 2.49. The fourth-order valence-corrected chi connectivity index (χ4v) is 3.33. The first kappa shape index (κ1) is 21.6. The largest absolute Gasteiger partial charge is 0.492 e. The molecule has 0 spiro atoms. The van der Waals surface area contributed by atoms with Gasteiger partial charge >= 0.3 is 0 Å². The Kier molecular flexibility index (Phi) is 7.70. The van der Waals surface area contributed by atoms with Gasteiger partial charge in [-0.1, -0.05) is 0 Å². The molecular weight excluding hydrogens is 469 g/mol. The number of hydrogen-bond donors (Lipinski definition) is 1. The molecule has 2 aromatic rings. The molecule has 0 radical (unpaired) electrons. The van der Waals surface area contributed by atoms with Gasteiger partial charge in [-0.3, -0.25) is 4.79 Å². The van der Waals surface area contributed by atoms with Gasteiger partial charge in [-0.15, -0.1) is 0 Å². The molecule has 2 aromatic carbocycles. The van der Waals surface area contributed by atoms with Crippen molar-refractivity contribution >= 4 is 45.9 Å². The Bertz CT molecular complexity index is 916. The quantitative estimate of drug-likeness (QED) is 0.355. The molecule has 0 aliphatic heterocycles. The number of carbonyl (C=O) groups excluding carboxylic acids is 1. The molecule has 7 heteroatoms. The number of nitrogens with one attached hydrogen (secondary N) is 1. The monoisotopic (exact) mass is 491 g/mol. The van der Waals surface area contributed by atoms with Gasteiger partial charge in [0.25, 0.3) is 5.91 Å². The number of rotatable bonds is 7. The molecule has 1 N–H and O–H groups in total. The Balaban J connectivity index is 2.27. The molecule has 1 amide bonds. The third-order valence-corrected chi connectivity index (χ3v) is 4.65. The van der Waals surface area contributed by atoms with Crippen LogP contribution in [0.2, 0.25) is 0 Å². The highest BCUT2D eigenvalue weighted by Gasteiger charge is 2.14. The molecule has 6 nitrogen and oxygen atoms in total. The summed E-state index contributed by atoms with van der Waals surface area (Å²) >= 11 is 2.13. The van der Waals surface area contributed by atoms with Crippen LogP contribution in [0.25, 0.3) is 6.08 Å². The number of halogens is 1. The van der Waals surface area contributed by atoms with Crippen LogP contribution in [0.5, 0.6) is 11.5 Å². The first-order chi connectivity index (χ1) is 13.4. The molecule has 0 aliphatic rings. The minimum absolute atomic E-state index is 0.0000939. The molecular formula is C21H22IN3O3. The van der Waals surface area contributed by atoms with Gasteiger partial charge in [-0.05, 0) is 77.6 Å². The van der Waals surface area contributed by atoms with Crippen molar-refractivity contribution in [1.29, 1.82) is 5.26 Å². The number of amides is 1. The summed E-state index contributed by atoms with van der Waals surface area (Å²) in [6.45, 7) is 2.36. The van der Waals surface area contributed by atoms with Crippen LogP contribution in [0.15, 0.2) is 42.0 Å². The molecule has 0 bridgehead atoms. The summed E-state index contributed by atoms with van der Waals surface area (Å²) in [6.07, 6.45) is 1.54. The number of carbonyl (C=O) groups is 1. The lowest BCUT2D eigenvalue weighted by Gasteiger charge is -2.13. The Hall–Kier alpha value is -2.73. The van der Waals surface area contributed by atoms with E-state index in [1.165, 1.54) is 6.08 Å². The zero-order valence-corrected chi connectivity index (χ0v) is 18.4. The highest BCUT2D eigenvalue weighted by Crippen LogP contribution is 2.34. The summed E-state index contributed by atoms with van der Waals surface area (Å²) in [4.78, 5) is 14.5. The smallest absolute Gasteiger partial charge is 0.266 e. The van der Waals surface area contributed by atoms with E-state index in [9.17, 15) is 10.1 Å². The van der Waals surface area contributed by atoms with Gasteiger partial charge in [0.05, 0.1) is 17.3 Å². The minimum atomic E-state index is -0.469. The van der Waals surface area contributed by atoms with Crippen LogP contribution in [-0.2, 0) is 4.79 Å². The molecule has 2 rings (SSSR count). The van der Waals surface area contributed by atoms with Crippen molar-refractivity contribution in [2.24, 2.45) is 0 Å². The first-order valence-corrected chi connectivity index (χ1v) is 9.68. The Morgan fingerprint density at radius 2 is 1.96 bits per heavy atom. The molecule has 0 atom stereocenters. The van der Waals surface area contributed by atoms with Crippen molar-refractivity contribution in [3.8, 4) is 17.6 Å². The predicted octanol–water partition coefficient (Wildman–Crippen LogP) is 4.31. The second kappa shape index (κ2) is 9.99. The summed E-state index contributed by atoms with van der Waals surface area (Å²) < 4.78 is 11.8. The van der Waals surface area contributed by atoms with Crippen molar-refractivity contribution < 1.29 is 14.3 Å². The van der Waals surface area contributed by atoms with Crippen molar-refractivity contribution in [2.45, 2.75) is 6.92 Å². The zero-order chi connectivity index (χ0) is 20.7. The van der Waals surface area contributed by atoms with Crippen molar-refractivity contribution in [3.05, 3.63) is 51.1 Å². The standard InChI is InChI=1S/C21H22IN3O3/c1-5-28-19-12-14(11-18(22)20(19)27-4)10-15(13-23)21(26)24-16-6-8-17(9-7-16)25(2)3/h6-12H,5H2,1-4H3,(H,24,26)/b15-10-. The molecule has 28 heavy (non-hydrogen) atoms.